The monoisotopic (exact) mass is 330 g/mol. The van der Waals surface area contributed by atoms with E-state index < -0.39 is 10.0 Å². The third-order valence-corrected chi connectivity index (χ3v) is 7.34. The fourth-order valence-electron chi connectivity index (χ4n) is 2.50. The van der Waals surface area contributed by atoms with Crippen molar-refractivity contribution in [2.75, 3.05) is 13.1 Å². The maximum Gasteiger partial charge on any atom is 0.252 e. The lowest BCUT2D eigenvalue weighted by atomic mass is 10.0. The van der Waals surface area contributed by atoms with Gasteiger partial charge in [0.2, 0.25) is 0 Å². The molecule has 21 heavy (non-hydrogen) atoms. The Morgan fingerprint density at radius 3 is 2.81 bits per heavy atom. The van der Waals surface area contributed by atoms with Gasteiger partial charge in [0.05, 0.1) is 0 Å². The van der Waals surface area contributed by atoms with Crippen LogP contribution in [0.2, 0.25) is 0 Å². The van der Waals surface area contributed by atoms with Gasteiger partial charge in [-0.3, -0.25) is 0 Å². The summed E-state index contributed by atoms with van der Waals surface area (Å²) in [5.41, 5.74) is 0. The Bertz CT molecular complexity index is 552. The zero-order valence-corrected chi connectivity index (χ0v) is 14.8. The lowest BCUT2D eigenvalue weighted by Gasteiger charge is -2.18. The second-order valence-corrected chi connectivity index (χ2v) is 9.53. The van der Waals surface area contributed by atoms with Crippen LogP contribution in [0.5, 0.6) is 0 Å². The summed E-state index contributed by atoms with van der Waals surface area (Å²) in [5, 5.41) is 3.32. The van der Waals surface area contributed by atoms with Crippen molar-refractivity contribution in [3.05, 3.63) is 17.0 Å². The SMILES string of the molecule is CC1CCCN(S(=O)(=O)c2ccc(CNC(C)C)s2)CC1. The molecule has 0 spiro atoms. The molecule has 0 amide bonds. The summed E-state index contributed by atoms with van der Waals surface area (Å²) in [6, 6.07) is 4.08. The average Bonchev–Trinajstić information content (AvgIpc) is 2.79. The van der Waals surface area contributed by atoms with Crippen molar-refractivity contribution in [3.8, 4) is 0 Å². The molecule has 0 radical (unpaired) electrons. The van der Waals surface area contributed by atoms with Crippen molar-refractivity contribution in [2.45, 2.75) is 56.8 Å². The van der Waals surface area contributed by atoms with Gasteiger partial charge in [-0.1, -0.05) is 20.8 Å². The van der Waals surface area contributed by atoms with E-state index in [0.29, 0.717) is 29.3 Å². The van der Waals surface area contributed by atoms with Crippen LogP contribution < -0.4 is 5.32 Å². The minimum absolute atomic E-state index is 0.402. The third kappa shape index (κ3) is 4.52. The van der Waals surface area contributed by atoms with E-state index in [1.165, 1.54) is 11.3 Å². The van der Waals surface area contributed by atoms with Gasteiger partial charge in [0, 0.05) is 30.6 Å². The first-order valence-electron chi connectivity index (χ1n) is 7.72. The molecule has 0 aliphatic carbocycles. The van der Waals surface area contributed by atoms with E-state index in [9.17, 15) is 8.42 Å². The van der Waals surface area contributed by atoms with E-state index in [1.54, 1.807) is 10.4 Å². The molecule has 0 aromatic carbocycles. The van der Waals surface area contributed by atoms with Crippen molar-refractivity contribution in [1.29, 1.82) is 0 Å². The Morgan fingerprint density at radius 1 is 1.33 bits per heavy atom. The highest BCUT2D eigenvalue weighted by molar-refractivity contribution is 7.91. The number of hydrogen-bond donors (Lipinski definition) is 1. The molecule has 1 aliphatic heterocycles. The molecule has 120 valence electrons. The van der Waals surface area contributed by atoms with Crippen LogP contribution in [0.25, 0.3) is 0 Å². The van der Waals surface area contributed by atoms with Gasteiger partial charge >= 0.3 is 0 Å². The Hall–Kier alpha value is -0.430. The molecular formula is C15H26N2O2S2. The molecule has 0 bridgehead atoms. The van der Waals surface area contributed by atoms with Crippen LogP contribution in [0.15, 0.2) is 16.3 Å². The summed E-state index contributed by atoms with van der Waals surface area (Å²) in [6.07, 6.45) is 3.06. The highest BCUT2D eigenvalue weighted by atomic mass is 32.2. The van der Waals surface area contributed by atoms with Gasteiger partial charge in [-0.15, -0.1) is 11.3 Å². The Kier molecular flexibility index (Phi) is 5.82. The number of nitrogens with zero attached hydrogens (tertiary/aromatic N) is 1. The molecule has 2 heterocycles. The number of hydrogen-bond acceptors (Lipinski definition) is 4. The molecular weight excluding hydrogens is 304 g/mol. The summed E-state index contributed by atoms with van der Waals surface area (Å²) < 4.78 is 27.6. The zero-order valence-electron chi connectivity index (χ0n) is 13.1. The number of rotatable bonds is 5. The highest BCUT2D eigenvalue weighted by Gasteiger charge is 2.27. The first kappa shape index (κ1) is 16.9. The maximum absolute atomic E-state index is 12.7. The van der Waals surface area contributed by atoms with Gasteiger partial charge in [-0.25, -0.2) is 8.42 Å². The highest BCUT2D eigenvalue weighted by Crippen LogP contribution is 2.27. The van der Waals surface area contributed by atoms with Gasteiger partial charge < -0.3 is 5.32 Å². The molecule has 1 aromatic rings. The van der Waals surface area contributed by atoms with E-state index in [4.69, 9.17) is 0 Å². The van der Waals surface area contributed by atoms with E-state index in [1.807, 2.05) is 6.07 Å². The van der Waals surface area contributed by atoms with Crippen LogP contribution in [-0.2, 0) is 16.6 Å². The first-order valence-corrected chi connectivity index (χ1v) is 9.97. The summed E-state index contributed by atoms with van der Waals surface area (Å²) in [6.45, 7) is 8.42. The molecule has 4 nitrogen and oxygen atoms in total. The van der Waals surface area contributed by atoms with Crippen LogP contribution in [-0.4, -0.2) is 31.9 Å². The molecule has 0 saturated carbocycles. The normalized spacial score (nSPS) is 21.6. The van der Waals surface area contributed by atoms with Crippen molar-refractivity contribution in [3.63, 3.8) is 0 Å². The van der Waals surface area contributed by atoms with Gasteiger partial charge in [-0.2, -0.15) is 4.31 Å². The minimum atomic E-state index is -3.30. The summed E-state index contributed by atoms with van der Waals surface area (Å²) in [4.78, 5) is 1.07. The van der Waals surface area contributed by atoms with Crippen LogP contribution in [0, 0.1) is 5.92 Å². The summed E-state index contributed by atoms with van der Waals surface area (Å²) in [5.74, 6) is 0.624. The fourth-order valence-corrected chi connectivity index (χ4v) is 5.46. The smallest absolute Gasteiger partial charge is 0.252 e. The van der Waals surface area contributed by atoms with Crippen molar-refractivity contribution in [2.24, 2.45) is 5.92 Å². The average molecular weight is 331 g/mol. The topological polar surface area (TPSA) is 49.4 Å². The molecule has 1 aromatic heterocycles. The number of nitrogens with one attached hydrogen (secondary N) is 1. The van der Waals surface area contributed by atoms with Crippen LogP contribution in [0.3, 0.4) is 0 Å². The maximum atomic E-state index is 12.7. The molecule has 6 heteroatoms. The van der Waals surface area contributed by atoms with E-state index >= 15 is 0 Å². The van der Waals surface area contributed by atoms with Gasteiger partial charge in [0.1, 0.15) is 4.21 Å². The molecule has 1 N–H and O–H groups in total. The second kappa shape index (κ2) is 7.22. The molecule has 1 unspecified atom stereocenters. The Balaban J connectivity index is 2.08. The molecule has 1 atom stereocenters. The summed E-state index contributed by atoms with van der Waals surface area (Å²) in [7, 11) is -3.30. The molecule has 1 saturated heterocycles. The van der Waals surface area contributed by atoms with E-state index in [2.05, 4.69) is 26.1 Å². The van der Waals surface area contributed by atoms with Crippen molar-refractivity contribution < 1.29 is 8.42 Å². The number of thiophene rings is 1. The molecule has 1 aliphatic rings. The predicted octanol–water partition coefficient (Wildman–Crippen LogP) is 3.06. The second-order valence-electron chi connectivity index (χ2n) is 6.20. The number of sulfonamides is 1. The lowest BCUT2D eigenvalue weighted by Crippen LogP contribution is -2.31. The van der Waals surface area contributed by atoms with E-state index in [-0.39, 0.29) is 0 Å². The van der Waals surface area contributed by atoms with Gasteiger partial charge in [-0.05, 0) is 37.3 Å². The third-order valence-electron chi connectivity index (χ3n) is 3.89. The predicted molar refractivity (Wildman–Crippen MR) is 88.1 cm³/mol. The minimum Gasteiger partial charge on any atom is -0.310 e. The van der Waals surface area contributed by atoms with Crippen molar-refractivity contribution in [1.82, 2.24) is 9.62 Å². The Labute approximate surface area is 132 Å². The van der Waals surface area contributed by atoms with Gasteiger partial charge in [0.25, 0.3) is 10.0 Å². The van der Waals surface area contributed by atoms with Gasteiger partial charge in [0.15, 0.2) is 0 Å². The van der Waals surface area contributed by atoms with Crippen LogP contribution in [0.1, 0.15) is 44.9 Å². The fraction of sp³-hybridized carbons (Fsp3) is 0.733. The lowest BCUT2D eigenvalue weighted by molar-refractivity contribution is 0.418. The first-order chi connectivity index (χ1) is 9.89. The van der Waals surface area contributed by atoms with Crippen molar-refractivity contribution >= 4 is 21.4 Å². The standard InChI is InChI=1S/C15H26N2O2S2/c1-12(2)16-11-14-6-7-15(20-14)21(18,19)17-9-4-5-13(3)8-10-17/h6-7,12-13,16H,4-5,8-11H2,1-3H3. The molecule has 1 fully saturated rings. The summed E-state index contributed by atoms with van der Waals surface area (Å²) >= 11 is 1.39. The Morgan fingerprint density at radius 2 is 2.10 bits per heavy atom. The van der Waals surface area contributed by atoms with Crippen LogP contribution >= 0.6 is 11.3 Å². The zero-order chi connectivity index (χ0) is 15.5. The van der Waals surface area contributed by atoms with Crippen LogP contribution in [0.4, 0.5) is 0 Å². The quantitative estimate of drug-likeness (QED) is 0.903. The largest absolute Gasteiger partial charge is 0.310 e. The van der Waals surface area contributed by atoms with E-state index in [0.717, 1.165) is 30.7 Å². The molecule has 2 rings (SSSR count).